The van der Waals surface area contributed by atoms with Crippen LogP contribution in [0.2, 0.25) is 0 Å². The number of benzene rings is 2. The molecule has 0 fully saturated rings. The summed E-state index contributed by atoms with van der Waals surface area (Å²) in [4.78, 5) is 0. The molecule has 0 saturated heterocycles. The summed E-state index contributed by atoms with van der Waals surface area (Å²) in [6, 6.07) is 16.4. The molecule has 0 bridgehead atoms. The van der Waals surface area contributed by atoms with E-state index in [0.29, 0.717) is 5.92 Å². The maximum atomic E-state index is 5.98. The summed E-state index contributed by atoms with van der Waals surface area (Å²) in [7, 11) is 0. The smallest absolute Gasteiger partial charge is 0.122 e. The highest BCUT2D eigenvalue weighted by Crippen LogP contribution is 2.28. The molecule has 1 atom stereocenters. The average molecular weight is 283 g/mol. The van der Waals surface area contributed by atoms with Crippen LogP contribution in [0.25, 0.3) is 0 Å². The zero-order valence-electron chi connectivity index (χ0n) is 13.0. The van der Waals surface area contributed by atoms with E-state index in [1.54, 1.807) is 0 Å². The zero-order chi connectivity index (χ0) is 15.1. The van der Waals surface area contributed by atoms with Gasteiger partial charge in [0, 0.05) is 5.69 Å². The van der Waals surface area contributed by atoms with Crippen LogP contribution in [0.15, 0.2) is 48.5 Å². The molecule has 0 radical (unpaired) electrons. The second-order valence-corrected chi connectivity index (χ2v) is 5.54. The molecule has 1 unspecified atom stereocenters. The van der Waals surface area contributed by atoms with Gasteiger partial charge < -0.3 is 10.5 Å². The van der Waals surface area contributed by atoms with Crippen LogP contribution in [0.3, 0.4) is 0 Å². The molecule has 2 nitrogen and oxygen atoms in total. The first-order chi connectivity index (χ1) is 10.2. The number of nitrogens with two attached hydrogens (primary N) is 1. The van der Waals surface area contributed by atoms with Crippen LogP contribution in [-0.4, -0.2) is 6.61 Å². The largest absolute Gasteiger partial charge is 0.493 e. The molecule has 2 rings (SSSR count). The van der Waals surface area contributed by atoms with E-state index >= 15 is 0 Å². The zero-order valence-corrected chi connectivity index (χ0v) is 13.0. The van der Waals surface area contributed by atoms with E-state index in [2.05, 4.69) is 38.1 Å². The number of ether oxygens (including phenoxy) is 1. The number of hydrogen-bond donors (Lipinski definition) is 1. The minimum Gasteiger partial charge on any atom is -0.493 e. The molecule has 2 aromatic carbocycles. The first kappa shape index (κ1) is 15.4. The first-order valence-corrected chi connectivity index (χ1v) is 7.77. The molecule has 0 saturated carbocycles. The second-order valence-electron chi connectivity index (χ2n) is 5.54. The van der Waals surface area contributed by atoms with Gasteiger partial charge in [-0.2, -0.15) is 0 Å². The first-order valence-electron chi connectivity index (χ1n) is 7.77. The third kappa shape index (κ3) is 4.52. The van der Waals surface area contributed by atoms with Crippen molar-refractivity contribution >= 4 is 5.69 Å². The summed E-state index contributed by atoms with van der Waals surface area (Å²) < 4.78 is 5.98. The van der Waals surface area contributed by atoms with Crippen LogP contribution in [0.1, 0.15) is 43.7 Å². The van der Waals surface area contributed by atoms with Crippen LogP contribution >= 0.6 is 0 Å². The van der Waals surface area contributed by atoms with Crippen molar-refractivity contribution in [1.29, 1.82) is 0 Å². The molecule has 2 aromatic rings. The lowest BCUT2D eigenvalue weighted by Crippen LogP contribution is -2.03. The summed E-state index contributed by atoms with van der Waals surface area (Å²) in [6.45, 7) is 5.19. The molecular weight excluding hydrogens is 258 g/mol. The Hall–Kier alpha value is -1.96. The van der Waals surface area contributed by atoms with Crippen LogP contribution < -0.4 is 10.5 Å². The van der Waals surface area contributed by atoms with Crippen molar-refractivity contribution in [3.63, 3.8) is 0 Å². The fraction of sp³-hybridized carbons (Fsp3) is 0.368. The monoisotopic (exact) mass is 283 g/mol. The van der Waals surface area contributed by atoms with Crippen LogP contribution in [-0.2, 0) is 6.42 Å². The van der Waals surface area contributed by atoms with E-state index in [1.165, 1.54) is 11.1 Å². The Balaban J connectivity index is 1.86. The fourth-order valence-corrected chi connectivity index (χ4v) is 2.45. The van der Waals surface area contributed by atoms with Crippen molar-refractivity contribution in [2.45, 2.75) is 39.0 Å². The lowest BCUT2D eigenvalue weighted by molar-refractivity contribution is 0.306. The van der Waals surface area contributed by atoms with Gasteiger partial charge in [-0.3, -0.25) is 0 Å². The maximum absolute atomic E-state index is 5.98. The van der Waals surface area contributed by atoms with E-state index in [0.717, 1.165) is 37.3 Å². The van der Waals surface area contributed by atoms with Gasteiger partial charge >= 0.3 is 0 Å². The van der Waals surface area contributed by atoms with Crippen molar-refractivity contribution in [2.75, 3.05) is 12.3 Å². The van der Waals surface area contributed by atoms with Crippen molar-refractivity contribution in [3.05, 3.63) is 59.7 Å². The molecule has 0 spiro atoms. The van der Waals surface area contributed by atoms with Gasteiger partial charge in [-0.1, -0.05) is 44.2 Å². The molecule has 0 amide bonds. The van der Waals surface area contributed by atoms with Crippen molar-refractivity contribution < 1.29 is 4.74 Å². The minimum absolute atomic E-state index is 0.537. The van der Waals surface area contributed by atoms with E-state index in [4.69, 9.17) is 10.5 Å². The Bertz CT molecular complexity index is 565. The van der Waals surface area contributed by atoms with Gasteiger partial charge in [0.2, 0.25) is 0 Å². The highest BCUT2D eigenvalue weighted by atomic mass is 16.5. The molecule has 2 heteroatoms. The summed E-state index contributed by atoms with van der Waals surface area (Å²) in [5, 5.41) is 0. The van der Waals surface area contributed by atoms with Crippen LogP contribution in [0, 0.1) is 0 Å². The summed E-state index contributed by atoms with van der Waals surface area (Å²) in [5.74, 6) is 1.56. The third-order valence-electron chi connectivity index (χ3n) is 3.88. The van der Waals surface area contributed by atoms with E-state index in [-0.39, 0.29) is 0 Å². The van der Waals surface area contributed by atoms with E-state index in [9.17, 15) is 0 Å². The van der Waals surface area contributed by atoms with Gasteiger partial charge in [0.25, 0.3) is 0 Å². The van der Waals surface area contributed by atoms with E-state index in [1.807, 2.05) is 24.3 Å². The average Bonchev–Trinajstić information content (AvgIpc) is 2.51. The molecule has 21 heavy (non-hydrogen) atoms. The number of hydrogen-bond acceptors (Lipinski definition) is 2. The van der Waals surface area contributed by atoms with Crippen molar-refractivity contribution in [2.24, 2.45) is 0 Å². The molecule has 112 valence electrons. The third-order valence-corrected chi connectivity index (χ3v) is 3.88. The van der Waals surface area contributed by atoms with E-state index < -0.39 is 0 Å². The Labute approximate surface area is 127 Å². The van der Waals surface area contributed by atoms with Gasteiger partial charge in [-0.15, -0.1) is 0 Å². The SMILES string of the molecule is CCC(C)c1ccccc1OCCCc1cccc(N)c1. The molecule has 0 heterocycles. The Kier molecular flexibility index (Phi) is 5.68. The lowest BCUT2D eigenvalue weighted by Gasteiger charge is -2.15. The van der Waals surface area contributed by atoms with Gasteiger partial charge in [-0.05, 0) is 54.5 Å². The minimum atomic E-state index is 0.537. The van der Waals surface area contributed by atoms with Crippen LogP contribution in [0.5, 0.6) is 5.75 Å². The molecular formula is C19H25NO. The van der Waals surface area contributed by atoms with Crippen molar-refractivity contribution in [1.82, 2.24) is 0 Å². The number of nitrogen functional groups attached to an aromatic ring is 1. The highest BCUT2D eigenvalue weighted by Gasteiger charge is 2.09. The predicted molar refractivity (Wildman–Crippen MR) is 89.8 cm³/mol. The normalized spacial score (nSPS) is 12.1. The van der Waals surface area contributed by atoms with Gasteiger partial charge in [0.1, 0.15) is 5.75 Å². The topological polar surface area (TPSA) is 35.2 Å². The molecule has 0 aromatic heterocycles. The highest BCUT2D eigenvalue weighted by molar-refractivity contribution is 5.40. The van der Waals surface area contributed by atoms with Crippen LogP contribution in [0.4, 0.5) is 5.69 Å². The van der Waals surface area contributed by atoms with Gasteiger partial charge in [-0.25, -0.2) is 0 Å². The predicted octanol–water partition coefficient (Wildman–Crippen LogP) is 4.79. The Morgan fingerprint density at radius 2 is 1.90 bits per heavy atom. The quantitative estimate of drug-likeness (QED) is 0.585. The molecule has 2 N–H and O–H groups in total. The van der Waals surface area contributed by atoms with Gasteiger partial charge in [0.15, 0.2) is 0 Å². The number of anilines is 1. The molecule has 0 aliphatic carbocycles. The number of aryl methyl sites for hydroxylation is 1. The second kappa shape index (κ2) is 7.72. The Morgan fingerprint density at radius 3 is 2.67 bits per heavy atom. The van der Waals surface area contributed by atoms with Gasteiger partial charge in [0.05, 0.1) is 6.61 Å². The Morgan fingerprint density at radius 1 is 1.10 bits per heavy atom. The summed E-state index contributed by atoms with van der Waals surface area (Å²) >= 11 is 0. The maximum Gasteiger partial charge on any atom is 0.122 e. The number of para-hydroxylation sites is 1. The fourth-order valence-electron chi connectivity index (χ4n) is 2.45. The number of rotatable bonds is 7. The lowest BCUT2D eigenvalue weighted by atomic mass is 9.98. The molecule has 0 aliphatic rings. The standard InChI is InChI=1S/C19H25NO/c1-3-15(2)18-11-4-5-12-19(18)21-13-7-9-16-8-6-10-17(20)14-16/h4-6,8,10-12,14-15H,3,7,9,13,20H2,1-2H3. The summed E-state index contributed by atoms with van der Waals surface area (Å²) in [5.41, 5.74) is 9.20. The summed E-state index contributed by atoms with van der Waals surface area (Å²) in [6.07, 6.45) is 3.12. The molecule has 0 aliphatic heterocycles. The van der Waals surface area contributed by atoms with Crippen molar-refractivity contribution in [3.8, 4) is 5.75 Å².